The van der Waals surface area contributed by atoms with Crippen LogP contribution in [0.4, 0.5) is 6.01 Å². The molecule has 0 atom stereocenters. The SMILES string of the molecule is COc1cccc2cc(-c3nnc(NC(=O)C4CC4)o3)oc12. The molecule has 7 heteroatoms. The normalized spacial score (nSPS) is 14.2. The number of fused-ring (bicyclic) bond motifs is 1. The second kappa shape index (κ2) is 4.87. The zero-order chi connectivity index (χ0) is 15.1. The Labute approximate surface area is 125 Å². The van der Waals surface area contributed by atoms with Crippen LogP contribution in [-0.2, 0) is 4.79 Å². The van der Waals surface area contributed by atoms with Crippen molar-refractivity contribution in [2.24, 2.45) is 5.92 Å². The Kier molecular flexibility index (Phi) is 2.85. The lowest BCUT2D eigenvalue weighted by Crippen LogP contribution is -2.13. The number of carbonyl (C=O) groups is 1. The van der Waals surface area contributed by atoms with E-state index in [9.17, 15) is 4.79 Å². The number of para-hydroxylation sites is 1. The number of nitrogens with zero attached hydrogens (tertiary/aromatic N) is 2. The van der Waals surface area contributed by atoms with Crippen molar-refractivity contribution < 1.29 is 18.4 Å². The lowest BCUT2D eigenvalue weighted by atomic mass is 10.2. The Bertz CT molecular complexity index is 847. The number of nitrogens with one attached hydrogen (secondary N) is 1. The van der Waals surface area contributed by atoms with Crippen LogP contribution in [0.25, 0.3) is 22.6 Å². The summed E-state index contributed by atoms with van der Waals surface area (Å²) in [6, 6.07) is 7.45. The van der Waals surface area contributed by atoms with E-state index in [0.717, 1.165) is 18.2 Å². The molecular weight excluding hydrogens is 286 g/mol. The highest BCUT2D eigenvalue weighted by molar-refractivity contribution is 5.92. The van der Waals surface area contributed by atoms with E-state index in [4.69, 9.17) is 13.6 Å². The molecule has 1 amide bonds. The number of methoxy groups -OCH3 is 1. The summed E-state index contributed by atoms with van der Waals surface area (Å²) < 4.78 is 16.4. The Balaban J connectivity index is 1.64. The Morgan fingerprint density at radius 1 is 1.32 bits per heavy atom. The number of carbonyl (C=O) groups excluding carboxylic acids is 1. The summed E-state index contributed by atoms with van der Waals surface area (Å²) in [5.74, 6) is 1.26. The van der Waals surface area contributed by atoms with Gasteiger partial charge in [0.05, 0.1) is 7.11 Å². The van der Waals surface area contributed by atoms with Gasteiger partial charge >= 0.3 is 6.01 Å². The smallest absolute Gasteiger partial charge is 0.322 e. The molecule has 0 radical (unpaired) electrons. The van der Waals surface area contributed by atoms with Gasteiger partial charge in [0, 0.05) is 11.3 Å². The highest BCUT2D eigenvalue weighted by atomic mass is 16.5. The molecule has 112 valence electrons. The van der Waals surface area contributed by atoms with Crippen LogP contribution >= 0.6 is 0 Å². The summed E-state index contributed by atoms with van der Waals surface area (Å²) in [6.45, 7) is 0. The molecule has 1 fully saturated rings. The third-order valence-electron chi connectivity index (χ3n) is 3.54. The summed E-state index contributed by atoms with van der Waals surface area (Å²) in [5, 5.41) is 11.2. The predicted molar refractivity (Wildman–Crippen MR) is 77.4 cm³/mol. The van der Waals surface area contributed by atoms with Crippen LogP contribution < -0.4 is 10.1 Å². The van der Waals surface area contributed by atoms with Crippen LogP contribution in [-0.4, -0.2) is 23.2 Å². The molecule has 7 nitrogen and oxygen atoms in total. The average molecular weight is 299 g/mol. The van der Waals surface area contributed by atoms with Gasteiger partial charge in [0.2, 0.25) is 5.91 Å². The highest BCUT2D eigenvalue weighted by Crippen LogP contribution is 2.34. The lowest BCUT2D eigenvalue weighted by Gasteiger charge is -1.98. The molecule has 3 aromatic rings. The van der Waals surface area contributed by atoms with Crippen molar-refractivity contribution in [1.29, 1.82) is 0 Å². The summed E-state index contributed by atoms with van der Waals surface area (Å²) in [6.07, 6.45) is 1.83. The zero-order valence-electron chi connectivity index (χ0n) is 11.8. The minimum atomic E-state index is -0.0820. The first-order valence-electron chi connectivity index (χ1n) is 6.96. The van der Waals surface area contributed by atoms with Crippen LogP contribution in [0.3, 0.4) is 0 Å². The number of anilines is 1. The minimum Gasteiger partial charge on any atom is -0.493 e. The average Bonchev–Trinajstić information content (AvgIpc) is 3.13. The molecule has 0 saturated heterocycles. The summed E-state index contributed by atoms with van der Waals surface area (Å²) in [5.41, 5.74) is 0.613. The fourth-order valence-electron chi connectivity index (χ4n) is 2.23. The van der Waals surface area contributed by atoms with Gasteiger partial charge in [-0.05, 0) is 25.0 Å². The summed E-state index contributed by atoms with van der Waals surface area (Å²) in [4.78, 5) is 11.7. The molecule has 22 heavy (non-hydrogen) atoms. The topological polar surface area (TPSA) is 90.4 Å². The first-order valence-corrected chi connectivity index (χ1v) is 6.96. The fraction of sp³-hybridized carbons (Fsp3) is 0.267. The van der Waals surface area contributed by atoms with Gasteiger partial charge < -0.3 is 13.6 Å². The van der Waals surface area contributed by atoms with E-state index in [0.29, 0.717) is 17.1 Å². The van der Waals surface area contributed by atoms with Gasteiger partial charge in [0.15, 0.2) is 17.1 Å². The quantitative estimate of drug-likeness (QED) is 0.796. The Morgan fingerprint density at radius 2 is 2.18 bits per heavy atom. The van der Waals surface area contributed by atoms with Crippen molar-refractivity contribution in [3.05, 3.63) is 24.3 Å². The third kappa shape index (κ3) is 2.20. The molecule has 1 N–H and O–H groups in total. The molecule has 0 spiro atoms. The first-order chi connectivity index (χ1) is 10.7. The molecule has 0 bridgehead atoms. The van der Waals surface area contributed by atoms with Gasteiger partial charge in [-0.3, -0.25) is 10.1 Å². The van der Waals surface area contributed by atoms with Crippen LogP contribution in [0.1, 0.15) is 12.8 Å². The number of benzene rings is 1. The zero-order valence-corrected chi connectivity index (χ0v) is 11.8. The highest BCUT2D eigenvalue weighted by Gasteiger charge is 2.30. The summed E-state index contributed by atoms with van der Waals surface area (Å²) in [7, 11) is 1.58. The van der Waals surface area contributed by atoms with Crippen molar-refractivity contribution >= 4 is 22.9 Å². The largest absolute Gasteiger partial charge is 0.493 e. The predicted octanol–water partition coefficient (Wildman–Crippen LogP) is 2.84. The molecule has 1 aliphatic rings. The molecule has 2 aromatic heterocycles. The van der Waals surface area contributed by atoms with Crippen molar-refractivity contribution in [1.82, 2.24) is 10.2 Å². The van der Waals surface area contributed by atoms with E-state index in [2.05, 4.69) is 15.5 Å². The number of aromatic nitrogens is 2. The monoisotopic (exact) mass is 299 g/mol. The van der Waals surface area contributed by atoms with Crippen molar-refractivity contribution in [3.63, 3.8) is 0 Å². The first kappa shape index (κ1) is 12.9. The Morgan fingerprint density at radius 3 is 2.95 bits per heavy atom. The molecule has 1 aromatic carbocycles. The van der Waals surface area contributed by atoms with Crippen molar-refractivity contribution in [2.45, 2.75) is 12.8 Å². The van der Waals surface area contributed by atoms with Crippen molar-refractivity contribution in [2.75, 3.05) is 12.4 Å². The number of hydrogen-bond donors (Lipinski definition) is 1. The van der Waals surface area contributed by atoms with Gasteiger partial charge in [-0.15, -0.1) is 5.10 Å². The molecular formula is C15H13N3O4. The summed E-state index contributed by atoms with van der Waals surface area (Å²) >= 11 is 0. The number of hydrogen-bond acceptors (Lipinski definition) is 6. The van der Waals surface area contributed by atoms with E-state index < -0.39 is 0 Å². The maximum absolute atomic E-state index is 11.7. The molecule has 1 saturated carbocycles. The number of furan rings is 1. The second-order valence-corrected chi connectivity index (χ2v) is 5.17. The van der Waals surface area contributed by atoms with Gasteiger partial charge in [-0.25, -0.2) is 0 Å². The van der Waals surface area contributed by atoms with Gasteiger partial charge in [-0.1, -0.05) is 17.2 Å². The van der Waals surface area contributed by atoms with E-state index in [1.807, 2.05) is 18.2 Å². The fourth-order valence-corrected chi connectivity index (χ4v) is 2.23. The maximum Gasteiger partial charge on any atom is 0.322 e. The molecule has 4 rings (SSSR count). The molecule has 0 aliphatic heterocycles. The molecule has 1 aliphatic carbocycles. The van der Waals surface area contributed by atoms with Crippen LogP contribution in [0, 0.1) is 5.92 Å². The van der Waals surface area contributed by atoms with Crippen LogP contribution in [0.5, 0.6) is 5.75 Å². The van der Waals surface area contributed by atoms with Gasteiger partial charge in [-0.2, -0.15) is 0 Å². The minimum absolute atomic E-state index is 0.0748. The maximum atomic E-state index is 11.7. The van der Waals surface area contributed by atoms with E-state index in [-0.39, 0.29) is 23.7 Å². The van der Waals surface area contributed by atoms with E-state index >= 15 is 0 Å². The van der Waals surface area contributed by atoms with Crippen LogP contribution in [0.2, 0.25) is 0 Å². The van der Waals surface area contributed by atoms with Gasteiger partial charge in [0.1, 0.15) is 0 Å². The number of amides is 1. The third-order valence-corrected chi connectivity index (χ3v) is 3.54. The standard InChI is InChI=1S/C15H13N3O4/c1-20-10-4-2-3-9-7-11(21-12(9)10)14-17-18-15(22-14)16-13(19)8-5-6-8/h2-4,7-8H,5-6H2,1H3,(H,16,18,19). The molecule has 0 unspecified atom stereocenters. The number of ether oxygens (including phenoxy) is 1. The number of rotatable bonds is 4. The van der Waals surface area contributed by atoms with Crippen molar-refractivity contribution in [3.8, 4) is 17.4 Å². The molecule has 2 heterocycles. The van der Waals surface area contributed by atoms with E-state index in [1.54, 1.807) is 13.2 Å². The van der Waals surface area contributed by atoms with Crippen LogP contribution in [0.15, 0.2) is 33.1 Å². The van der Waals surface area contributed by atoms with Gasteiger partial charge in [0.25, 0.3) is 5.89 Å². The lowest BCUT2D eigenvalue weighted by molar-refractivity contribution is -0.117. The van der Waals surface area contributed by atoms with E-state index in [1.165, 1.54) is 0 Å². The Hall–Kier alpha value is -2.83. The second-order valence-electron chi connectivity index (χ2n) is 5.17.